The summed E-state index contributed by atoms with van der Waals surface area (Å²) in [5, 5.41) is 0. The summed E-state index contributed by atoms with van der Waals surface area (Å²) in [6.45, 7) is 2.39. The molecule has 0 amide bonds. The zero-order valence-corrected chi connectivity index (χ0v) is 9.91. The third-order valence-electron chi connectivity index (χ3n) is 0.333. The van der Waals surface area contributed by atoms with Crippen LogP contribution in [0.4, 0.5) is 0 Å². The van der Waals surface area contributed by atoms with Crippen molar-refractivity contribution >= 4 is 20.3 Å². The summed E-state index contributed by atoms with van der Waals surface area (Å²) in [4.78, 5) is 0. The maximum atomic E-state index is 4.90. The fourth-order valence-corrected chi connectivity index (χ4v) is 0. The summed E-state index contributed by atoms with van der Waals surface area (Å²) in [7, 11) is 9.47. The molecule has 0 bridgehead atoms. The van der Waals surface area contributed by atoms with E-state index in [0.29, 0.717) is 39.1 Å². The van der Waals surface area contributed by atoms with Gasteiger partial charge in [-0.05, 0) is 0 Å². The number of hydrogen-bond donors (Lipinski definition) is 4. The molecule has 0 heterocycles. The molecular formula is C4H16Cl3CoN4. The van der Waals surface area contributed by atoms with Gasteiger partial charge in [0.1, 0.15) is 0 Å². The van der Waals surface area contributed by atoms with Crippen molar-refractivity contribution in [3.05, 3.63) is 0 Å². The second kappa shape index (κ2) is 39.8. The summed E-state index contributed by atoms with van der Waals surface area (Å²) >= 11 is 0.382. The Kier molecular flexibility index (Phi) is 77.0. The molecule has 0 fully saturated rings. The quantitative estimate of drug-likeness (QED) is 0.417. The van der Waals surface area contributed by atoms with Gasteiger partial charge in [-0.1, -0.05) is 0 Å². The molecule has 0 aromatic heterocycles. The molecular weight excluding hydrogens is 269 g/mol. The van der Waals surface area contributed by atoms with Gasteiger partial charge in [0.25, 0.3) is 0 Å². The molecule has 0 rings (SSSR count). The van der Waals surface area contributed by atoms with Gasteiger partial charge in [-0.3, -0.25) is 0 Å². The van der Waals surface area contributed by atoms with E-state index in [1.165, 1.54) is 0 Å². The van der Waals surface area contributed by atoms with Crippen LogP contribution in [0.1, 0.15) is 0 Å². The van der Waals surface area contributed by atoms with E-state index in [4.69, 9.17) is 43.2 Å². The van der Waals surface area contributed by atoms with E-state index in [1.807, 2.05) is 0 Å². The van der Waals surface area contributed by atoms with Crippen molar-refractivity contribution in [2.75, 3.05) is 26.2 Å². The van der Waals surface area contributed by atoms with Crippen LogP contribution < -0.4 is 35.3 Å². The van der Waals surface area contributed by atoms with E-state index in [-0.39, 0.29) is 12.4 Å². The summed E-state index contributed by atoms with van der Waals surface area (Å²) in [5.41, 5.74) is 19.6. The van der Waals surface area contributed by atoms with Crippen LogP contribution in [0.15, 0.2) is 0 Å². The molecule has 0 radical (unpaired) electrons. The van der Waals surface area contributed by atoms with Crippen molar-refractivity contribution in [2.24, 2.45) is 22.9 Å². The SMILES string of the molecule is NCCN.NCCN.[Cl-].[Cl][Co+][Cl]. The van der Waals surface area contributed by atoms with Crippen molar-refractivity contribution < 1.29 is 25.3 Å². The van der Waals surface area contributed by atoms with Crippen LogP contribution in [0.25, 0.3) is 0 Å². The third kappa shape index (κ3) is 113. The minimum atomic E-state index is 0. The molecule has 0 aliphatic carbocycles. The standard InChI is InChI=1S/2C2H8N2.3ClH.Co/c2*3-1-2-4;;;;/h2*1-4H2;3*1H;/q;;;;;+3/p-3. The van der Waals surface area contributed by atoms with Crippen LogP contribution >= 0.6 is 20.3 Å². The normalized spacial score (nSPS) is 6.83. The molecule has 4 nitrogen and oxygen atoms in total. The summed E-state index contributed by atoms with van der Waals surface area (Å²) in [6.07, 6.45) is 0. The molecule has 12 heavy (non-hydrogen) atoms. The Morgan fingerprint density at radius 3 is 0.833 bits per heavy atom. The zero-order chi connectivity index (χ0) is 9.54. The Morgan fingerprint density at radius 2 is 0.833 bits per heavy atom. The van der Waals surface area contributed by atoms with Gasteiger partial charge in [-0.2, -0.15) is 0 Å². The molecule has 0 aromatic rings. The Labute approximate surface area is 94.6 Å². The summed E-state index contributed by atoms with van der Waals surface area (Å²) < 4.78 is 0. The first kappa shape index (κ1) is 23.2. The Morgan fingerprint density at radius 1 is 0.750 bits per heavy atom. The van der Waals surface area contributed by atoms with Crippen LogP contribution in [-0.4, -0.2) is 26.2 Å². The molecule has 8 N–H and O–H groups in total. The van der Waals surface area contributed by atoms with E-state index in [2.05, 4.69) is 0 Å². The summed E-state index contributed by atoms with van der Waals surface area (Å²) in [6, 6.07) is 0. The second-order valence-electron chi connectivity index (χ2n) is 1.20. The fourth-order valence-electron chi connectivity index (χ4n) is 0. The molecule has 0 saturated heterocycles. The van der Waals surface area contributed by atoms with Gasteiger partial charge < -0.3 is 35.3 Å². The van der Waals surface area contributed by atoms with Crippen LogP contribution in [-0.2, 0) is 12.9 Å². The Bertz CT molecular complexity index is 37.5. The van der Waals surface area contributed by atoms with Crippen LogP contribution in [0.5, 0.6) is 0 Å². The number of rotatable bonds is 2. The first-order valence-electron chi connectivity index (χ1n) is 2.88. The van der Waals surface area contributed by atoms with E-state index in [9.17, 15) is 0 Å². The molecule has 8 heteroatoms. The van der Waals surface area contributed by atoms with E-state index in [1.54, 1.807) is 0 Å². The van der Waals surface area contributed by atoms with Crippen molar-refractivity contribution in [3.8, 4) is 0 Å². The number of nitrogens with two attached hydrogens (primary N) is 4. The van der Waals surface area contributed by atoms with Gasteiger partial charge in [0.15, 0.2) is 0 Å². The van der Waals surface area contributed by atoms with Gasteiger partial charge in [0.2, 0.25) is 0 Å². The average molecular weight is 285 g/mol. The van der Waals surface area contributed by atoms with Crippen molar-refractivity contribution in [2.45, 2.75) is 0 Å². The summed E-state index contributed by atoms with van der Waals surface area (Å²) in [5.74, 6) is 0. The number of hydrogen-bond acceptors (Lipinski definition) is 4. The van der Waals surface area contributed by atoms with Gasteiger partial charge in [-0.25, -0.2) is 0 Å². The molecule has 0 spiro atoms. The van der Waals surface area contributed by atoms with E-state index in [0.717, 1.165) is 0 Å². The molecule has 0 aromatic carbocycles. The number of halogens is 3. The fraction of sp³-hybridized carbons (Fsp3) is 1.00. The zero-order valence-electron chi connectivity index (χ0n) is 6.61. The molecule has 0 aliphatic heterocycles. The van der Waals surface area contributed by atoms with Crippen molar-refractivity contribution in [1.82, 2.24) is 0 Å². The average Bonchev–Trinajstić information content (AvgIpc) is 2.06. The molecule has 0 unspecified atom stereocenters. The van der Waals surface area contributed by atoms with E-state index >= 15 is 0 Å². The van der Waals surface area contributed by atoms with Gasteiger partial charge in [0.05, 0.1) is 0 Å². The predicted molar refractivity (Wildman–Crippen MR) is 47.9 cm³/mol. The predicted octanol–water partition coefficient (Wildman–Crippen LogP) is -3.81. The Balaban J connectivity index is -0.0000000389. The Hall–Kier alpha value is 1.22. The maximum absolute atomic E-state index is 4.90. The van der Waals surface area contributed by atoms with Gasteiger partial charge in [-0.15, -0.1) is 0 Å². The van der Waals surface area contributed by atoms with Crippen LogP contribution in [0, 0.1) is 0 Å². The third-order valence-corrected chi connectivity index (χ3v) is 0.333. The molecule has 0 atom stereocenters. The van der Waals surface area contributed by atoms with Gasteiger partial charge in [0, 0.05) is 26.2 Å². The monoisotopic (exact) mass is 284 g/mol. The van der Waals surface area contributed by atoms with Gasteiger partial charge >= 0.3 is 33.2 Å². The van der Waals surface area contributed by atoms with Crippen molar-refractivity contribution in [3.63, 3.8) is 0 Å². The first-order chi connectivity index (χ1) is 5.24. The topological polar surface area (TPSA) is 104 Å². The second-order valence-corrected chi connectivity index (χ2v) is 2.92. The van der Waals surface area contributed by atoms with E-state index < -0.39 is 0 Å². The van der Waals surface area contributed by atoms with Crippen LogP contribution in [0.2, 0.25) is 0 Å². The van der Waals surface area contributed by atoms with Crippen LogP contribution in [0.3, 0.4) is 0 Å². The first-order valence-corrected chi connectivity index (χ1v) is 5.75. The minimum absolute atomic E-state index is 0. The molecule has 0 aliphatic rings. The molecule has 0 saturated carbocycles. The van der Waals surface area contributed by atoms with Crippen molar-refractivity contribution in [1.29, 1.82) is 0 Å². The molecule has 82 valence electrons.